The number of carbonyl (C=O) groups is 1. The zero-order valence-corrected chi connectivity index (χ0v) is 18.5. The van der Waals surface area contributed by atoms with E-state index in [2.05, 4.69) is 0 Å². The second-order valence-electron chi connectivity index (χ2n) is 8.99. The van der Waals surface area contributed by atoms with E-state index in [1.165, 1.54) is 0 Å². The Balaban J connectivity index is 1.33. The molecule has 0 aliphatic carbocycles. The lowest BCUT2D eigenvalue weighted by atomic mass is 9.83. The number of ether oxygens (including phenoxy) is 1. The van der Waals surface area contributed by atoms with E-state index in [1.807, 2.05) is 41.5 Å². The normalized spacial score (nSPS) is 19.7. The summed E-state index contributed by atoms with van der Waals surface area (Å²) >= 11 is 0. The van der Waals surface area contributed by atoms with E-state index in [0.717, 1.165) is 23.1 Å². The second-order valence-corrected chi connectivity index (χ2v) is 8.99. The van der Waals surface area contributed by atoms with Gasteiger partial charge in [-0.2, -0.15) is 0 Å². The van der Waals surface area contributed by atoms with Crippen LogP contribution < -0.4 is 15.9 Å². The van der Waals surface area contributed by atoms with Gasteiger partial charge in [-0.3, -0.25) is 9.59 Å². The van der Waals surface area contributed by atoms with Crippen LogP contribution in [0.2, 0.25) is 0 Å². The van der Waals surface area contributed by atoms with Crippen LogP contribution in [0, 0.1) is 26.7 Å². The van der Waals surface area contributed by atoms with Gasteiger partial charge in [0.05, 0.1) is 0 Å². The molecule has 0 saturated carbocycles. The third-order valence-electron chi connectivity index (χ3n) is 7.01. The average Bonchev–Trinajstić information content (AvgIpc) is 2.78. The minimum absolute atomic E-state index is 0.0316. The zero-order valence-electron chi connectivity index (χ0n) is 18.5. The van der Waals surface area contributed by atoms with E-state index in [0.29, 0.717) is 42.1 Å². The van der Waals surface area contributed by atoms with Crippen molar-refractivity contribution in [2.75, 3.05) is 19.7 Å². The summed E-state index contributed by atoms with van der Waals surface area (Å²) in [5, 5.41) is 0.871. The fraction of sp³-hybridized carbons (Fsp3) is 0.400. The Morgan fingerprint density at radius 2 is 1.84 bits per heavy atom. The van der Waals surface area contributed by atoms with Gasteiger partial charge in [0.2, 0.25) is 0 Å². The maximum atomic E-state index is 13.0. The summed E-state index contributed by atoms with van der Waals surface area (Å²) in [6, 6.07) is 9.07. The van der Waals surface area contributed by atoms with Gasteiger partial charge >= 0.3 is 5.63 Å². The molecule has 2 aromatic heterocycles. The molecule has 1 fully saturated rings. The van der Waals surface area contributed by atoms with E-state index < -0.39 is 0 Å². The molecule has 166 valence electrons. The molecular formula is C25H26N2O5. The molecule has 1 aromatic carbocycles. The predicted octanol–water partition coefficient (Wildman–Crippen LogP) is 2.90. The number of aromatic nitrogens is 1. The number of nitrogens with zero attached hydrogens (tertiary/aromatic N) is 2. The lowest BCUT2D eigenvalue weighted by Crippen LogP contribution is -2.50. The van der Waals surface area contributed by atoms with Crippen molar-refractivity contribution in [1.82, 2.24) is 9.47 Å². The molecule has 0 radical (unpaired) electrons. The summed E-state index contributed by atoms with van der Waals surface area (Å²) < 4.78 is 13.2. The summed E-state index contributed by atoms with van der Waals surface area (Å²) in [7, 11) is 0. The quantitative estimate of drug-likeness (QED) is 0.592. The standard InChI is InChI=1S/C25H26N2O5/c1-14-15(2)25(30)32-24-16(3)21(8-7-19(14)24)31-13-23(29)26-10-17-9-18(12-26)20-5-4-6-22(28)27(20)11-17/h4-8,17-18H,9-13H2,1-3H3/t17-,18-/m0/s1. The van der Waals surface area contributed by atoms with Crippen LogP contribution in [-0.4, -0.2) is 35.1 Å². The highest BCUT2D eigenvalue weighted by Crippen LogP contribution is 2.35. The molecule has 2 aliphatic heterocycles. The molecule has 7 heteroatoms. The van der Waals surface area contributed by atoms with Crippen LogP contribution in [0.25, 0.3) is 11.0 Å². The van der Waals surface area contributed by atoms with Gasteiger partial charge in [-0.05, 0) is 56.9 Å². The van der Waals surface area contributed by atoms with Crippen LogP contribution in [0.3, 0.4) is 0 Å². The molecule has 2 atom stereocenters. The van der Waals surface area contributed by atoms with Crippen molar-refractivity contribution in [3.8, 4) is 5.75 Å². The fourth-order valence-corrected chi connectivity index (χ4v) is 5.11. The molecule has 5 rings (SSSR count). The van der Waals surface area contributed by atoms with Gasteiger partial charge in [-0.15, -0.1) is 0 Å². The number of likely N-dealkylation sites (tertiary alicyclic amines) is 1. The highest BCUT2D eigenvalue weighted by atomic mass is 16.5. The van der Waals surface area contributed by atoms with Gasteiger partial charge in [0, 0.05) is 53.8 Å². The number of amides is 1. The molecule has 32 heavy (non-hydrogen) atoms. The van der Waals surface area contributed by atoms with Crippen molar-refractivity contribution in [2.24, 2.45) is 5.92 Å². The number of aryl methyl sites for hydroxylation is 2. The largest absolute Gasteiger partial charge is 0.483 e. The van der Waals surface area contributed by atoms with Gasteiger partial charge in [-0.1, -0.05) is 6.07 Å². The van der Waals surface area contributed by atoms with Gasteiger partial charge in [-0.25, -0.2) is 4.79 Å². The van der Waals surface area contributed by atoms with Gasteiger partial charge in [0.1, 0.15) is 11.3 Å². The SMILES string of the molecule is Cc1c(C)c2ccc(OCC(=O)N3C[C@@H]4C[C@@H](C3)c3cccc(=O)n3C4)c(C)c2oc1=O. The van der Waals surface area contributed by atoms with Crippen LogP contribution in [0.4, 0.5) is 0 Å². The smallest absolute Gasteiger partial charge is 0.339 e. The number of benzene rings is 1. The predicted molar refractivity (Wildman–Crippen MR) is 120 cm³/mol. The van der Waals surface area contributed by atoms with E-state index >= 15 is 0 Å². The van der Waals surface area contributed by atoms with Gasteiger partial charge in [0.25, 0.3) is 11.5 Å². The number of carbonyl (C=O) groups excluding carboxylic acids is 1. The molecule has 2 bridgehead atoms. The minimum Gasteiger partial charge on any atom is -0.483 e. The van der Waals surface area contributed by atoms with Gasteiger partial charge < -0.3 is 18.6 Å². The van der Waals surface area contributed by atoms with Crippen LogP contribution in [-0.2, 0) is 11.3 Å². The molecule has 0 unspecified atom stereocenters. The average molecular weight is 434 g/mol. The van der Waals surface area contributed by atoms with Crippen LogP contribution in [0.1, 0.15) is 34.7 Å². The van der Waals surface area contributed by atoms with Crippen LogP contribution in [0.15, 0.2) is 44.3 Å². The van der Waals surface area contributed by atoms with Crippen molar-refractivity contribution in [3.05, 3.63) is 73.5 Å². The van der Waals surface area contributed by atoms with Crippen molar-refractivity contribution >= 4 is 16.9 Å². The Bertz CT molecular complexity index is 1350. The number of hydrogen-bond acceptors (Lipinski definition) is 5. The number of hydrogen-bond donors (Lipinski definition) is 0. The number of pyridine rings is 1. The Morgan fingerprint density at radius 1 is 1.03 bits per heavy atom. The monoisotopic (exact) mass is 434 g/mol. The first kappa shape index (κ1) is 20.5. The third-order valence-corrected chi connectivity index (χ3v) is 7.01. The minimum atomic E-state index is -0.356. The molecule has 0 N–H and O–H groups in total. The number of piperidine rings is 1. The lowest BCUT2D eigenvalue weighted by Gasteiger charge is -2.42. The Hall–Kier alpha value is -3.35. The topological polar surface area (TPSA) is 81.8 Å². The van der Waals surface area contributed by atoms with E-state index in [1.54, 1.807) is 19.1 Å². The van der Waals surface area contributed by atoms with E-state index in [4.69, 9.17) is 9.15 Å². The molecule has 3 aromatic rings. The van der Waals surface area contributed by atoms with E-state index in [9.17, 15) is 14.4 Å². The first-order valence-corrected chi connectivity index (χ1v) is 11.0. The van der Waals surface area contributed by atoms with Crippen LogP contribution in [0.5, 0.6) is 5.75 Å². The van der Waals surface area contributed by atoms with E-state index in [-0.39, 0.29) is 35.5 Å². The lowest BCUT2D eigenvalue weighted by molar-refractivity contribution is -0.136. The molecular weight excluding hydrogens is 408 g/mol. The van der Waals surface area contributed by atoms with Gasteiger partial charge in [0.15, 0.2) is 6.61 Å². The first-order valence-electron chi connectivity index (χ1n) is 11.0. The molecule has 2 aliphatic rings. The highest BCUT2D eigenvalue weighted by molar-refractivity contribution is 5.86. The molecule has 1 amide bonds. The summed E-state index contributed by atoms with van der Waals surface area (Å²) in [5.74, 6) is 0.898. The Labute approximate surface area is 185 Å². The molecule has 4 heterocycles. The molecule has 0 spiro atoms. The third kappa shape index (κ3) is 3.32. The van der Waals surface area contributed by atoms with Crippen LogP contribution >= 0.6 is 0 Å². The zero-order chi connectivity index (χ0) is 22.6. The van der Waals surface area contributed by atoms with Crippen molar-refractivity contribution in [1.29, 1.82) is 0 Å². The van der Waals surface area contributed by atoms with Crippen molar-refractivity contribution in [3.63, 3.8) is 0 Å². The second kappa shape index (κ2) is 7.65. The Morgan fingerprint density at radius 3 is 2.66 bits per heavy atom. The maximum Gasteiger partial charge on any atom is 0.339 e. The fourth-order valence-electron chi connectivity index (χ4n) is 5.11. The molecule has 7 nitrogen and oxygen atoms in total. The molecule has 1 saturated heterocycles. The summed E-state index contributed by atoms with van der Waals surface area (Å²) in [6.45, 7) is 7.27. The van der Waals surface area contributed by atoms with Crippen molar-refractivity contribution < 1.29 is 13.9 Å². The summed E-state index contributed by atoms with van der Waals surface area (Å²) in [5.41, 5.74) is 3.38. The maximum absolute atomic E-state index is 13.0. The first-order chi connectivity index (χ1) is 15.3. The Kier molecular flexibility index (Phi) is 4.92. The number of fused-ring (bicyclic) bond motifs is 5. The highest BCUT2D eigenvalue weighted by Gasteiger charge is 2.36. The number of rotatable bonds is 3. The summed E-state index contributed by atoms with van der Waals surface area (Å²) in [4.78, 5) is 39.1. The summed E-state index contributed by atoms with van der Waals surface area (Å²) in [6.07, 6.45) is 0.996. The van der Waals surface area contributed by atoms with Crippen molar-refractivity contribution in [2.45, 2.75) is 39.7 Å².